The van der Waals surface area contributed by atoms with Gasteiger partial charge in [0.05, 0.1) is 15.6 Å². The Balaban J connectivity index is 0.000000880. The van der Waals surface area contributed by atoms with E-state index in [1.807, 2.05) is 26.2 Å². The summed E-state index contributed by atoms with van der Waals surface area (Å²) in [6.07, 6.45) is 6.00. The van der Waals surface area contributed by atoms with Crippen LogP contribution in [0, 0.1) is 20.8 Å². The summed E-state index contributed by atoms with van der Waals surface area (Å²) in [5.41, 5.74) is 6.91. The summed E-state index contributed by atoms with van der Waals surface area (Å²) in [4.78, 5) is 10.3. The third-order valence-corrected chi connectivity index (χ3v) is 5.21. The maximum absolute atomic E-state index is 4.57. The number of aromatic nitrogens is 3. The fourth-order valence-electron chi connectivity index (χ4n) is 3.03. The van der Waals surface area contributed by atoms with Crippen molar-refractivity contribution in [3.05, 3.63) is 65.2 Å². The number of hydrogen-bond donors (Lipinski definition) is 0. The van der Waals surface area contributed by atoms with E-state index >= 15 is 0 Å². The van der Waals surface area contributed by atoms with Crippen molar-refractivity contribution in [2.45, 2.75) is 34.6 Å². The lowest BCUT2D eigenvalue weighted by Crippen LogP contribution is -1.92. The molecule has 0 aliphatic carbocycles. The van der Waals surface area contributed by atoms with E-state index in [4.69, 9.17) is 0 Å². The summed E-state index contributed by atoms with van der Waals surface area (Å²) in [5, 5.41) is 1.10. The molecule has 4 heteroatoms. The molecule has 128 valence electrons. The molecular weight excluding hydrogens is 326 g/mol. The van der Waals surface area contributed by atoms with Gasteiger partial charge in [-0.1, -0.05) is 38.1 Å². The van der Waals surface area contributed by atoms with Crippen molar-refractivity contribution in [3.8, 4) is 21.6 Å². The van der Waals surface area contributed by atoms with Gasteiger partial charge in [-0.05, 0) is 38.0 Å². The van der Waals surface area contributed by atoms with E-state index in [2.05, 4.69) is 71.7 Å². The lowest BCUT2D eigenvalue weighted by molar-refractivity contribution is 1.18. The molecule has 0 saturated carbocycles. The van der Waals surface area contributed by atoms with Gasteiger partial charge in [0.1, 0.15) is 5.65 Å². The zero-order chi connectivity index (χ0) is 18.0. The molecule has 0 aliphatic rings. The van der Waals surface area contributed by atoms with E-state index < -0.39 is 0 Å². The molecular formula is C21H23N3S. The molecule has 0 amide bonds. The number of rotatable bonds is 2. The number of thiazole rings is 1. The molecule has 0 N–H and O–H groups in total. The topological polar surface area (TPSA) is 30.2 Å². The summed E-state index contributed by atoms with van der Waals surface area (Å²) < 4.78 is 2.10. The molecule has 4 rings (SSSR count). The second kappa shape index (κ2) is 7.19. The molecule has 3 nitrogen and oxygen atoms in total. The first kappa shape index (κ1) is 17.4. The third kappa shape index (κ3) is 3.22. The number of fused-ring (bicyclic) bond motifs is 1. The number of benzene rings is 1. The lowest BCUT2D eigenvalue weighted by Gasteiger charge is -2.10. The van der Waals surface area contributed by atoms with Crippen LogP contribution in [0.25, 0.3) is 27.2 Å². The fraction of sp³-hybridized carbons (Fsp3) is 0.238. The molecule has 0 aliphatic heterocycles. The van der Waals surface area contributed by atoms with Crippen molar-refractivity contribution in [2.75, 3.05) is 0 Å². The monoisotopic (exact) mass is 349 g/mol. The Morgan fingerprint density at radius 2 is 1.76 bits per heavy atom. The fourth-order valence-corrected chi connectivity index (χ4v) is 3.93. The maximum Gasteiger partial charge on any atom is 0.144 e. The van der Waals surface area contributed by atoms with Crippen LogP contribution in [-0.2, 0) is 0 Å². The summed E-state index contributed by atoms with van der Waals surface area (Å²) in [6.45, 7) is 10.3. The van der Waals surface area contributed by atoms with Crippen molar-refractivity contribution in [2.24, 2.45) is 0 Å². The van der Waals surface area contributed by atoms with Crippen molar-refractivity contribution in [1.29, 1.82) is 0 Å². The minimum atomic E-state index is 0.988. The summed E-state index contributed by atoms with van der Waals surface area (Å²) in [5.74, 6) is 0. The molecule has 0 spiro atoms. The largest absolute Gasteiger partial charge is 0.306 e. The minimum absolute atomic E-state index is 0.988. The molecule has 0 fully saturated rings. The number of imidazole rings is 1. The van der Waals surface area contributed by atoms with Crippen molar-refractivity contribution in [3.63, 3.8) is 0 Å². The first-order valence-corrected chi connectivity index (χ1v) is 9.42. The highest BCUT2D eigenvalue weighted by molar-refractivity contribution is 7.15. The van der Waals surface area contributed by atoms with Gasteiger partial charge in [0.15, 0.2) is 0 Å². The predicted octanol–water partition coefficient (Wildman–Crippen LogP) is 6.08. The van der Waals surface area contributed by atoms with Crippen LogP contribution in [0.15, 0.2) is 48.9 Å². The average molecular weight is 350 g/mol. The number of hydrogen-bond acceptors (Lipinski definition) is 3. The highest BCUT2D eigenvalue weighted by Gasteiger charge is 2.14. The summed E-state index contributed by atoms with van der Waals surface area (Å²) in [7, 11) is 0. The van der Waals surface area contributed by atoms with Crippen LogP contribution < -0.4 is 0 Å². The van der Waals surface area contributed by atoms with Gasteiger partial charge < -0.3 is 4.40 Å². The van der Waals surface area contributed by atoms with Gasteiger partial charge in [0.25, 0.3) is 0 Å². The second-order valence-electron chi connectivity index (χ2n) is 5.76. The van der Waals surface area contributed by atoms with Crippen LogP contribution >= 0.6 is 11.3 Å². The van der Waals surface area contributed by atoms with Crippen LogP contribution in [0.1, 0.15) is 30.1 Å². The van der Waals surface area contributed by atoms with Crippen LogP contribution in [0.5, 0.6) is 0 Å². The normalized spacial score (nSPS) is 10.6. The highest BCUT2D eigenvalue weighted by atomic mass is 32.1. The van der Waals surface area contributed by atoms with E-state index in [1.54, 1.807) is 11.3 Å². The highest BCUT2D eigenvalue weighted by Crippen LogP contribution is 2.35. The van der Waals surface area contributed by atoms with Crippen LogP contribution in [0.3, 0.4) is 0 Å². The van der Waals surface area contributed by atoms with Gasteiger partial charge in [-0.3, -0.25) is 0 Å². The van der Waals surface area contributed by atoms with E-state index in [0.29, 0.717) is 0 Å². The quantitative estimate of drug-likeness (QED) is 0.439. The lowest BCUT2D eigenvalue weighted by atomic mass is 10.00. The number of aryl methyl sites for hydroxylation is 3. The molecule has 0 unspecified atom stereocenters. The predicted molar refractivity (Wildman–Crippen MR) is 107 cm³/mol. The Morgan fingerprint density at radius 1 is 1.00 bits per heavy atom. The van der Waals surface area contributed by atoms with Crippen molar-refractivity contribution < 1.29 is 0 Å². The van der Waals surface area contributed by atoms with Gasteiger partial charge in [-0.15, -0.1) is 11.3 Å². The van der Waals surface area contributed by atoms with Crippen LogP contribution in [0.2, 0.25) is 0 Å². The summed E-state index contributed by atoms with van der Waals surface area (Å²) in [6, 6.07) is 10.7. The van der Waals surface area contributed by atoms with E-state index in [1.165, 1.54) is 21.6 Å². The average Bonchev–Trinajstić information content (AvgIpc) is 3.22. The molecule has 3 heterocycles. The Labute approximate surface area is 153 Å². The number of pyridine rings is 1. The Morgan fingerprint density at radius 3 is 2.44 bits per heavy atom. The molecule has 0 radical (unpaired) electrons. The SMILES string of the molecule is CC.Cc1nc(C)c(-c2cc(-c3ccccc3C)c3nccn3c2)s1. The Bertz CT molecular complexity index is 1010. The van der Waals surface area contributed by atoms with Gasteiger partial charge >= 0.3 is 0 Å². The zero-order valence-corrected chi connectivity index (χ0v) is 16.2. The van der Waals surface area contributed by atoms with Crippen molar-refractivity contribution in [1.82, 2.24) is 14.4 Å². The molecule has 0 atom stereocenters. The zero-order valence-electron chi connectivity index (χ0n) is 15.4. The van der Waals surface area contributed by atoms with E-state index in [-0.39, 0.29) is 0 Å². The molecule has 1 aromatic carbocycles. The van der Waals surface area contributed by atoms with Gasteiger partial charge in [-0.2, -0.15) is 0 Å². The van der Waals surface area contributed by atoms with Crippen LogP contribution in [0.4, 0.5) is 0 Å². The molecule has 3 aromatic heterocycles. The van der Waals surface area contributed by atoms with Gasteiger partial charge in [-0.25, -0.2) is 9.97 Å². The maximum atomic E-state index is 4.57. The van der Waals surface area contributed by atoms with Crippen molar-refractivity contribution >= 4 is 17.0 Å². The third-order valence-electron chi connectivity index (χ3n) is 4.09. The van der Waals surface area contributed by atoms with Crippen LogP contribution in [-0.4, -0.2) is 14.4 Å². The standard InChI is InChI=1S/C19H17N3S.C2H6/c1-12-6-4-5-7-16(12)17-10-15(11-22-9-8-20-19(17)22)18-13(2)21-14(3)23-18;1-2/h4-11H,1-3H3;1-2H3. The first-order chi connectivity index (χ1) is 12.1. The molecule has 4 aromatic rings. The summed E-state index contributed by atoms with van der Waals surface area (Å²) >= 11 is 1.74. The number of nitrogens with zero attached hydrogens (tertiary/aromatic N) is 3. The van der Waals surface area contributed by atoms with E-state index in [9.17, 15) is 0 Å². The van der Waals surface area contributed by atoms with Gasteiger partial charge in [0.2, 0.25) is 0 Å². The molecule has 0 bridgehead atoms. The van der Waals surface area contributed by atoms with E-state index in [0.717, 1.165) is 21.9 Å². The van der Waals surface area contributed by atoms with Gasteiger partial charge in [0, 0.05) is 29.7 Å². The molecule has 25 heavy (non-hydrogen) atoms. The Kier molecular flexibility index (Phi) is 5.00. The Hall–Kier alpha value is -2.46. The second-order valence-corrected chi connectivity index (χ2v) is 6.97. The first-order valence-electron chi connectivity index (χ1n) is 8.60. The smallest absolute Gasteiger partial charge is 0.144 e. The minimum Gasteiger partial charge on any atom is -0.306 e. The molecule has 0 saturated heterocycles.